The van der Waals surface area contributed by atoms with E-state index in [-0.39, 0.29) is 23.8 Å². The van der Waals surface area contributed by atoms with Crippen LogP contribution < -0.4 is 4.90 Å². The first-order valence-corrected chi connectivity index (χ1v) is 9.43. The Kier molecular flexibility index (Phi) is 4.52. The highest BCUT2D eigenvalue weighted by Gasteiger charge is 2.38. The van der Waals surface area contributed by atoms with E-state index in [0.29, 0.717) is 22.4 Å². The van der Waals surface area contributed by atoms with E-state index in [4.69, 9.17) is 0 Å². The zero-order valence-corrected chi connectivity index (χ0v) is 15.4. The van der Waals surface area contributed by atoms with Crippen molar-refractivity contribution in [1.29, 1.82) is 0 Å². The molecule has 138 valence electrons. The molecule has 1 aliphatic carbocycles. The van der Waals surface area contributed by atoms with Crippen molar-refractivity contribution < 1.29 is 14.4 Å². The number of amides is 3. The third kappa shape index (κ3) is 2.93. The van der Waals surface area contributed by atoms with E-state index in [1.54, 1.807) is 53.4 Å². The number of benzene rings is 2. The van der Waals surface area contributed by atoms with Gasteiger partial charge in [-0.1, -0.05) is 43.5 Å². The maximum Gasteiger partial charge on any atom is 0.266 e. The van der Waals surface area contributed by atoms with Crippen LogP contribution in [0.5, 0.6) is 0 Å². The van der Waals surface area contributed by atoms with Crippen LogP contribution >= 0.6 is 0 Å². The van der Waals surface area contributed by atoms with Crippen molar-refractivity contribution in [3.8, 4) is 0 Å². The molecule has 27 heavy (non-hydrogen) atoms. The molecule has 0 saturated heterocycles. The van der Waals surface area contributed by atoms with Crippen LogP contribution in [-0.2, 0) is 0 Å². The lowest BCUT2D eigenvalue weighted by Crippen LogP contribution is -2.39. The highest BCUT2D eigenvalue weighted by Crippen LogP contribution is 2.32. The Bertz CT molecular complexity index is 880. The van der Waals surface area contributed by atoms with Gasteiger partial charge < -0.3 is 4.90 Å². The van der Waals surface area contributed by atoms with E-state index in [9.17, 15) is 14.4 Å². The molecule has 1 fully saturated rings. The summed E-state index contributed by atoms with van der Waals surface area (Å²) in [5, 5.41) is 0. The number of anilines is 1. The molecule has 1 saturated carbocycles. The number of hydrogen-bond acceptors (Lipinski definition) is 3. The summed E-state index contributed by atoms with van der Waals surface area (Å²) in [4.78, 5) is 41.8. The lowest BCUT2D eigenvalue weighted by Gasteiger charge is -2.32. The maximum atomic E-state index is 13.2. The topological polar surface area (TPSA) is 57.7 Å². The van der Waals surface area contributed by atoms with Crippen molar-refractivity contribution >= 4 is 23.4 Å². The third-order valence-corrected chi connectivity index (χ3v) is 5.61. The van der Waals surface area contributed by atoms with Gasteiger partial charge in [-0.2, -0.15) is 0 Å². The smallest absolute Gasteiger partial charge is 0.266 e. The second-order valence-corrected chi connectivity index (χ2v) is 7.22. The minimum atomic E-state index is -0.379. The maximum absolute atomic E-state index is 13.2. The molecule has 2 aliphatic rings. The van der Waals surface area contributed by atoms with Crippen LogP contribution in [0.1, 0.15) is 63.2 Å². The number of rotatable bonds is 3. The first-order chi connectivity index (χ1) is 13.1. The third-order valence-electron chi connectivity index (χ3n) is 5.61. The van der Waals surface area contributed by atoms with Crippen molar-refractivity contribution in [1.82, 2.24) is 4.90 Å². The van der Waals surface area contributed by atoms with E-state index in [0.717, 1.165) is 30.6 Å². The fourth-order valence-electron chi connectivity index (χ4n) is 4.08. The predicted octanol–water partition coefficient (Wildman–Crippen LogP) is 3.89. The zero-order chi connectivity index (χ0) is 19.0. The fourth-order valence-corrected chi connectivity index (χ4v) is 4.08. The van der Waals surface area contributed by atoms with Crippen LogP contribution in [0.3, 0.4) is 0 Å². The Morgan fingerprint density at radius 1 is 0.889 bits per heavy atom. The molecule has 1 aliphatic heterocycles. The molecule has 0 aromatic heterocycles. The lowest BCUT2D eigenvalue weighted by molar-refractivity contribution is 0.0697. The van der Waals surface area contributed by atoms with E-state index >= 15 is 0 Å². The van der Waals surface area contributed by atoms with Gasteiger partial charge in [0.2, 0.25) is 0 Å². The lowest BCUT2D eigenvalue weighted by atomic mass is 9.94. The Balaban J connectivity index is 1.69. The summed E-state index contributed by atoms with van der Waals surface area (Å²) < 4.78 is 0. The summed E-state index contributed by atoms with van der Waals surface area (Å²) in [6.45, 7) is 0. The quantitative estimate of drug-likeness (QED) is 0.778. The SMILES string of the molecule is CN(C(=O)c1ccccc1N1C(=O)c2ccccc2C1=O)C1CCCCC1. The Morgan fingerprint density at radius 2 is 1.44 bits per heavy atom. The second-order valence-electron chi connectivity index (χ2n) is 7.22. The van der Waals surface area contributed by atoms with E-state index in [1.165, 1.54) is 6.42 Å². The fraction of sp³-hybridized carbons (Fsp3) is 0.318. The zero-order valence-electron chi connectivity index (χ0n) is 15.4. The van der Waals surface area contributed by atoms with Crippen LogP contribution in [0.4, 0.5) is 5.69 Å². The summed E-state index contributed by atoms with van der Waals surface area (Å²) in [5.74, 6) is -0.901. The molecule has 2 aromatic carbocycles. The van der Waals surface area contributed by atoms with Gasteiger partial charge in [-0.25, -0.2) is 4.90 Å². The molecule has 2 aromatic rings. The molecule has 0 atom stereocenters. The average molecular weight is 362 g/mol. The first-order valence-electron chi connectivity index (χ1n) is 9.43. The molecule has 5 heteroatoms. The number of carbonyl (C=O) groups is 3. The number of imide groups is 1. The number of nitrogens with zero attached hydrogens (tertiary/aromatic N) is 2. The molecule has 0 N–H and O–H groups in total. The van der Waals surface area contributed by atoms with Crippen LogP contribution in [0.25, 0.3) is 0 Å². The first kappa shape index (κ1) is 17.5. The monoisotopic (exact) mass is 362 g/mol. The van der Waals surface area contributed by atoms with Crippen LogP contribution in [0.2, 0.25) is 0 Å². The second kappa shape index (κ2) is 6.99. The van der Waals surface area contributed by atoms with Gasteiger partial charge in [0.25, 0.3) is 17.7 Å². The summed E-state index contributed by atoms with van der Waals surface area (Å²) >= 11 is 0. The summed E-state index contributed by atoms with van der Waals surface area (Å²) in [5.41, 5.74) is 1.51. The van der Waals surface area contributed by atoms with Crippen molar-refractivity contribution in [2.24, 2.45) is 0 Å². The number of carbonyl (C=O) groups excluding carboxylic acids is 3. The molecule has 0 spiro atoms. The van der Waals surface area contributed by atoms with Gasteiger partial charge in [0, 0.05) is 13.1 Å². The van der Waals surface area contributed by atoms with Gasteiger partial charge in [-0.05, 0) is 37.1 Å². The van der Waals surface area contributed by atoms with E-state index in [2.05, 4.69) is 0 Å². The van der Waals surface area contributed by atoms with Crippen LogP contribution in [0, 0.1) is 0 Å². The molecule has 4 rings (SSSR count). The van der Waals surface area contributed by atoms with Gasteiger partial charge in [0.05, 0.1) is 22.4 Å². The molecule has 1 heterocycles. The Hall–Kier alpha value is -2.95. The van der Waals surface area contributed by atoms with Gasteiger partial charge in [0.1, 0.15) is 0 Å². The minimum Gasteiger partial charge on any atom is -0.339 e. The molecule has 0 bridgehead atoms. The summed E-state index contributed by atoms with van der Waals surface area (Å²) in [6, 6.07) is 13.9. The molecule has 0 unspecified atom stereocenters. The number of para-hydroxylation sites is 1. The summed E-state index contributed by atoms with van der Waals surface area (Å²) in [6.07, 6.45) is 5.46. The van der Waals surface area contributed by atoms with Crippen molar-refractivity contribution in [3.05, 3.63) is 65.2 Å². The molecule has 0 radical (unpaired) electrons. The predicted molar refractivity (Wildman–Crippen MR) is 103 cm³/mol. The normalized spacial score (nSPS) is 17.1. The molecular weight excluding hydrogens is 340 g/mol. The Morgan fingerprint density at radius 3 is 2.07 bits per heavy atom. The Labute approximate surface area is 158 Å². The van der Waals surface area contributed by atoms with Crippen LogP contribution in [0.15, 0.2) is 48.5 Å². The van der Waals surface area contributed by atoms with E-state index < -0.39 is 0 Å². The molecule has 5 nitrogen and oxygen atoms in total. The van der Waals surface area contributed by atoms with E-state index in [1.807, 2.05) is 7.05 Å². The summed E-state index contributed by atoms with van der Waals surface area (Å²) in [7, 11) is 1.82. The average Bonchev–Trinajstić information content (AvgIpc) is 2.98. The highest BCUT2D eigenvalue weighted by atomic mass is 16.2. The van der Waals surface area contributed by atoms with Gasteiger partial charge in [-0.15, -0.1) is 0 Å². The van der Waals surface area contributed by atoms with Crippen LogP contribution in [-0.4, -0.2) is 35.7 Å². The van der Waals surface area contributed by atoms with Crippen molar-refractivity contribution in [2.75, 3.05) is 11.9 Å². The molecular formula is C22H22N2O3. The number of hydrogen-bond donors (Lipinski definition) is 0. The standard InChI is InChI=1S/C22H22N2O3/c1-23(15-9-3-2-4-10-15)20(25)18-13-7-8-14-19(18)24-21(26)16-11-5-6-12-17(16)22(24)27/h5-8,11-15H,2-4,9-10H2,1H3. The van der Waals surface area contributed by atoms with Gasteiger partial charge in [-0.3, -0.25) is 14.4 Å². The van der Waals surface area contributed by atoms with Gasteiger partial charge >= 0.3 is 0 Å². The van der Waals surface area contributed by atoms with Crippen molar-refractivity contribution in [2.45, 2.75) is 38.1 Å². The largest absolute Gasteiger partial charge is 0.339 e. The van der Waals surface area contributed by atoms with Gasteiger partial charge in [0.15, 0.2) is 0 Å². The minimum absolute atomic E-state index is 0.144. The molecule has 3 amide bonds. The number of fused-ring (bicyclic) bond motifs is 1. The van der Waals surface area contributed by atoms with Crippen molar-refractivity contribution in [3.63, 3.8) is 0 Å². The highest BCUT2D eigenvalue weighted by molar-refractivity contribution is 6.35.